The highest BCUT2D eigenvalue weighted by Crippen LogP contribution is 2.28. The molecule has 0 spiro atoms. The Balaban J connectivity index is 1.54. The summed E-state index contributed by atoms with van der Waals surface area (Å²) in [5.74, 6) is 0.605. The molecular formula is C18H14N4OS. The van der Waals surface area contributed by atoms with Gasteiger partial charge in [0.1, 0.15) is 0 Å². The summed E-state index contributed by atoms with van der Waals surface area (Å²) in [6.07, 6.45) is 1.89. The average molecular weight is 334 g/mol. The van der Waals surface area contributed by atoms with E-state index >= 15 is 0 Å². The maximum Gasteiger partial charge on any atom is 0.262 e. The Labute approximate surface area is 142 Å². The number of nitrogens with zero attached hydrogens (tertiary/aromatic N) is 3. The second-order valence-corrected chi connectivity index (χ2v) is 6.17. The SMILES string of the molecule is O=C(NCc1nnc2ccccn12)c1sccc1-c1ccccc1. The van der Waals surface area contributed by atoms with Crippen molar-refractivity contribution < 1.29 is 4.79 Å². The van der Waals surface area contributed by atoms with E-state index in [-0.39, 0.29) is 5.91 Å². The van der Waals surface area contributed by atoms with E-state index < -0.39 is 0 Å². The Bertz CT molecular complexity index is 990. The second-order valence-electron chi connectivity index (χ2n) is 5.26. The molecule has 4 rings (SSSR count). The number of nitrogens with one attached hydrogen (secondary N) is 1. The van der Waals surface area contributed by atoms with Crippen LogP contribution in [0.3, 0.4) is 0 Å². The number of pyridine rings is 1. The molecule has 118 valence electrons. The van der Waals surface area contributed by atoms with E-state index in [1.807, 2.05) is 70.6 Å². The molecule has 0 atom stereocenters. The highest BCUT2D eigenvalue weighted by atomic mass is 32.1. The molecule has 0 fully saturated rings. The van der Waals surface area contributed by atoms with Gasteiger partial charge in [-0.2, -0.15) is 0 Å². The van der Waals surface area contributed by atoms with Gasteiger partial charge in [-0.05, 0) is 29.1 Å². The lowest BCUT2D eigenvalue weighted by molar-refractivity contribution is 0.0954. The fourth-order valence-electron chi connectivity index (χ4n) is 2.58. The first-order valence-corrected chi connectivity index (χ1v) is 8.40. The van der Waals surface area contributed by atoms with Crippen molar-refractivity contribution in [2.75, 3.05) is 0 Å². The van der Waals surface area contributed by atoms with Crippen molar-refractivity contribution in [1.29, 1.82) is 0 Å². The molecule has 0 aliphatic heterocycles. The predicted octanol–water partition coefficient (Wildman–Crippen LogP) is 3.39. The molecule has 0 saturated heterocycles. The maximum atomic E-state index is 12.6. The highest BCUT2D eigenvalue weighted by molar-refractivity contribution is 7.12. The summed E-state index contributed by atoms with van der Waals surface area (Å²) in [6.45, 7) is 0.330. The monoisotopic (exact) mass is 334 g/mol. The molecule has 0 saturated carbocycles. The van der Waals surface area contributed by atoms with Crippen LogP contribution < -0.4 is 5.32 Å². The lowest BCUT2D eigenvalue weighted by atomic mass is 10.1. The van der Waals surface area contributed by atoms with E-state index in [4.69, 9.17) is 0 Å². The van der Waals surface area contributed by atoms with Gasteiger partial charge in [0.05, 0.1) is 11.4 Å². The van der Waals surface area contributed by atoms with Gasteiger partial charge >= 0.3 is 0 Å². The Morgan fingerprint density at radius 2 is 1.88 bits per heavy atom. The Morgan fingerprint density at radius 1 is 1.04 bits per heavy atom. The second kappa shape index (κ2) is 6.25. The van der Waals surface area contributed by atoms with Crippen molar-refractivity contribution in [3.63, 3.8) is 0 Å². The van der Waals surface area contributed by atoms with Crippen molar-refractivity contribution in [2.24, 2.45) is 0 Å². The molecule has 0 aliphatic rings. The molecule has 24 heavy (non-hydrogen) atoms. The number of carbonyl (C=O) groups is 1. The fraction of sp³-hybridized carbons (Fsp3) is 0.0556. The van der Waals surface area contributed by atoms with Gasteiger partial charge in [-0.15, -0.1) is 21.5 Å². The number of hydrogen-bond acceptors (Lipinski definition) is 4. The van der Waals surface area contributed by atoms with E-state index in [2.05, 4.69) is 15.5 Å². The Hall–Kier alpha value is -2.99. The van der Waals surface area contributed by atoms with Crippen LogP contribution in [0.1, 0.15) is 15.5 Å². The van der Waals surface area contributed by atoms with Crippen molar-refractivity contribution in [2.45, 2.75) is 6.54 Å². The number of fused-ring (bicyclic) bond motifs is 1. The van der Waals surface area contributed by atoms with E-state index in [1.54, 1.807) is 0 Å². The zero-order valence-corrected chi connectivity index (χ0v) is 13.5. The number of carbonyl (C=O) groups excluding carboxylic acids is 1. The van der Waals surface area contributed by atoms with Crippen LogP contribution in [0.4, 0.5) is 0 Å². The smallest absolute Gasteiger partial charge is 0.262 e. The van der Waals surface area contributed by atoms with Crippen molar-refractivity contribution >= 4 is 22.9 Å². The van der Waals surface area contributed by atoms with Crippen LogP contribution in [0.5, 0.6) is 0 Å². The Kier molecular flexibility index (Phi) is 3.80. The summed E-state index contributed by atoms with van der Waals surface area (Å²) >= 11 is 1.44. The van der Waals surface area contributed by atoms with Crippen LogP contribution in [-0.2, 0) is 6.54 Å². The van der Waals surface area contributed by atoms with Crippen LogP contribution in [0.15, 0.2) is 66.2 Å². The van der Waals surface area contributed by atoms with Crippen molar-refractivity contribution in [3.05, 3.63) is 76.9 Å². The van der Waals surface area contributed by atoms with Gasteiger partial charge in [0.2, 0.25) is 0 Å². The van der Waals surface area contributed by atoms with Crippen LogP contribution in [0, 0.1) is 0 Å². The molecule has 0 radical (unpaired) electrons. The van der Waals surface area contributed by atoms with Crippen LogP contribution in [0.25, 0.3) is 16.8 Å². The third-order valence-corrected chi connectivity index (χ3v) is 4.66. The lowest BCUT2D eigenvalue weighted by Gasteiger charge is -2.06. The molecule has 6 heteroatoms. The summed E-state index contributed by atoms with van der Waals surface area (Å²) in [7, 11) is 0. The largest absolute Gasteiger partial charge is 0.344 e. The van der Waals surface area contributed by atoms with Gasteiger partial charge < -0.3 is 5.32 Å². The van der Waals surface area contributed by atoms with E-state index in [1.165, 1.54) is 11.3 Å². The summed E-state index contributed by atoms with van der Waals surface area (Å²) in [5.41, 5.74) is 2.75. The summed E-state index contributed by atoms with van der Waals surface area (Å²) in [5, 5.41) is 13.1. The number of aromatic nitrogens is 3. The van der Waals surface area contributed by atoms with E-state index in [9.17, 15) is 4.79 Å². The normalized spacial score (nSPS) is 10.8. The standard InChI is InChI=1S/C18H14N4OS/c23-18(17-14(9-11-24-17)13-6-2-1-3-7-13)19-12-16-21-20-15-8-4-5-10-22(15)16/h1-11H,12H2,(H,19,23). The predicted molar refractivity (Wildman–Crippen MR) is 93.9 cm³/mol. The van der Waals surface area contributed by atoms with Gasteiger partial charge in [0, 0.05) is 11.8 Å². The molecule has 0 bridgehead atoms. The Morgan fingerprint density at radius 3 is 2.75 bits per heavy atom. The maximum absolute atomic E-state index is 12.6. The van der Waals surface area contributed by atoms with Gasteiger partial charge in [-0.1, -0.05) is 36.4 Å². The van der Waals surface area contributed by atoms with Crippen LogP contribution >= 0.6 is 11.3 Å². The molecule has 1 amide bonds. The molecule has 5 nitrogen and oxygen atoms in total. The topological polar surface area (TPSA) is 59.3 Å². The highest BCUT2D eigenvalue weighted by Gasteiger charge is 2.15. The number of thiophene rings is 1. The number of amides is 1. The van der Waals surface area contributed by atoms with Crippen LogP contribution in [0.2, 0.25) is 0 Å². The summed E-state index contributed by atoms with van der Waals surface area (Å²) in [6, 6.07) is 17.6. The van der Waals surface area contributed by atoms with Gasteiger partial charge in [0.25, 0.3) is 5.91 Å². The van der Waals surface area contributed by atoms with Crippen molar-refractivity contribution in [1.82, 2.24) is 19.9 Å². The first kappa shape index (κ1) is 14.6. The number of benzene rings is 1. The van der Waals surface area contributed by atoms with Crippen molar-refractivity contribution in [3.8, 4) is 11.1 Å². The van der Waals surface area contributed by atoms with E-state index in [0.717, 1.165) is 16.8 Å². The van der Waals surface area contributed by atoms with Gasteiger partial charge in [-0.25, -0.2) is 0 Å². The number of hydrogen-bond donors (Lipinski definition) is 1. The molecule has 0 unspecified atom stereocenters. The zero-order valence-electron chi connectivity index (χ0n) is 12.7. The number of rotatable bonds is 4. The molecule has 3 aromatic heterocycles. The first-order valence-electron chi connectivity index (χ1n) is 7.53. The third kappa shape index (κ3) is 2.68. The molecule has 1 aromatic carbocycles. The minimum atomic E-state index is -0.100. The third-order valence-electron chi connectivity index (χ3n) is 3.75. The van der Waals surface area contributed by atoms with Crippen LogP contribution in [-0.4, -0.2) is 20.5 Å². The minimum absolute atomic E-state index is 0.100. The molecule has 1 N–H and O–H groups in total. The van der Waals surface area contributed by atoms with Gasteiger partial charge in [-0.3, -0.25) is 9.20 Å². The quantitative estimate of drug-likeness (QED) is 0.622. The molecular weight excluding hydrogens is 320 g/mol. The zero-order chi connectivity index (χ0) is 16.4. The minimum Gasteiger partial charge on any atom is -0.344 e. The lowest BCUT2D eigenvalue weighted by Crippen LogP contribution is -2.23. The summed E-state index contributed by atoms with van der Waals surface area (Å²) in [4.78, 5) is 13.3. The first-order chi connectivity index (χ1) is 11.8. The molecule has 4 aromatic rings. The van der Waals surface area contributed by atoms with Gasteiger partial charge in [0.15, 0.2) is 11.5 Å². The summed E-state index contributed by atoms with van der Waals surface area (Å²) < 4.78 is 1.87. The molecule has 0 aliphatic carbocycles. The fourth-order valence-corrected chi connectivity index (χ4v) is 3.41. The van der Waals surface area contributed by atoms with E-state index in [0.29, 0.717) is 17.2 Å². The average Bonchev–Trinajstić information content (AvgIpc) is 3.28. The molecule has 3 heterocycles.